The van der Waals surface area contributed by atoms with Crippen molar-refractivity contribution in [1.82, 2.24) is 4.90 Å². The largest absolute Gasteiger partial charge is 0.484 e. The van der Waals surface area contributed by atoms with E-state index >= 15 is 0 Å². The number of amides is 1. The number of carbonyl (C=O) groups excluding carboxylic acids is 1. The highest BCUT2D eigenvalue weighted by Crippen LogP contribution is 2.20. The predicted molar refractivity (Wildman–Crippen MR) is 82.6 cm³/mol. The fourth-order valence-corrected chi connectivity index (χ4v) is 2.71. The molecule has 1 unspecified atom stereocenters. The van der Waals surface area contributed by atoms with Crippen LogP contribution in [0.5, 0.6) is 5.75 Å². The number of halogens is 1. The van der Waals surface area contributed by atoms with Crippen LogP contribution >= 0.6 is 15.9 Å². The number of piperidine rings is 1. The van der Waals surface area contributed by atoms with Gasteiger partial charge in [-0.3, -0.25) is 4.79 Å². The molecule has 0 aromatic heterocycles. The van der Waals surface area contributed by atoms with E-state index in [1.54, 1.807) is 0 Å². The van der Waals surface area contributed by atoms with Gasteiger partial charge in [0.15, 0.2) is 6.61 Å². The Morgan fingerprint density at radius 2 is 2.00 bits per heavy atom. The average molecular weight is 341 g/mol. The molecule has 1 fully saturated rings. The Hall–Kier alpha value is -1.07. The first kappa shape index (κ1) is 15.3. The van der Waals surface area contributed by atoms with Gasteiger partial charge in [-0.1, -0.05) is 15.9 Å². The number of nitrogens with two attached hydrogens (primary N) is 1. The molecule has 1 aromatic carbocycles. The molecule has 1 saturated heterocycles. The number of nitrogens with zero attached hydrogens (tertiary/aromatic N) is 1. The van der Waals surface area contributed by atoms with Gasteiger partial charge in [-0.15, -0.1) is 0 Å². The van der Waals surface area contributed by atoms with Crippen LogP contribution in [0.3, 0.4) is 0 Å². The molecule has 0 bridgehead atoms. The number of ether oxygens (including phenoxy) is 1. The van der Waals surface area contributed by atoms with Crippen LogP contribution in [0.2, 0.25) is 0 Å². The summed E-state index contributed by atoms with van der Waals surface area (Å²) in [7, 11) is 0. The van der Waals surface area contributed by atoms with Crippen molar-refractivity contribution in [3.63, 3.8) is 0 Å². The highest BCUT2D eigenvalue weighted by Gasteiger charge is 2.24. The van der Waals surface area contributed by atoms with Gasteiger partial charge in [0.25, 0.3) is 5.91 Å². The summed E-state index contributed by atoms with van der Waals surface area (Å²) in [6.07, 6.45) is 1.98. The van der Waals surface area contributed by atoms with Crippen LogP contribution in [0.25, 0.3) is 0 Å². The molecule has 1 amide bonds. The van der Waals surface area contributed by atoms with Gasteiger partial charge in [-0.05, 0) is 49.9 Å². The van der Waals surface area contributed by atoms with Crippen molar-refractivity contribution in [3.8, 4) is 5.75 Å². The minimum absolute atomic E-state index is 0.0519. The van der Waals surface area contributed by atoms with E-state index in [1.807, 2.05) is 36.1 Å². The van der Waals surface area contributed by atoms with Crippen LogP contribution in [0.15, 0.2) is 28.7 Å². The predicted octanol–water partition coefficient (Wildman–Crippen LogP) is 2.41. The number of hydrogen-bond donors (Lipinski definition) is 1. The maximum absolute atomic E-state index is 12.1. The van der Waals surface area contributed by atoms with Gasteiger partial charge < -0.3 is 15.4 Å². The second kappa shape index (κ2) is 7.09. The van der Waals surface area contributed by atoms with Crippen molar-refractivity contribution in [2.45, 2.75) is 25.8 Å². The summed E-state index contributed by atoms with van der Waals surface area (Å²) in [5.41, 5.74) is 5.90. The molecule has 1 aliphatic heterocycles. The highest BCUT2D eigenvalue weighted by molar-refractivity contribution is 9.10. The molecule has 1 aromatic rings. The second-order valence-electron chi connectivity index (χ2n) is 5.32. The summed E-state index contributed by atoms with van der Waals surface area (Å²) in [5.74, 6) is 1.30. The summed E-state index contributed by atoms with van der Waals surface area (Å²) < 4.78 is 6.51. The molecule has 0 radical (unpaired) electrons. The van der Waals surface area contributed by atoms with Crippen molar-refractivity contribution >= 4 is 21.8 Å². The van der Waals surface area contributed by atoms with Crippen LogP contribution in [-0.2, 0) is 4.79 Å². The van der Waals surface area contributed by atoms with Crippen LogP contribution in [0.4, 0.5) is 0 Å². The topological polar surface area (TPSA) is 55.6 Å². The molecule has 1 aliphatic rings. The lowest BCUT2D eigenvalue weighted by Crippen LogP contribution is -2.44. The van der Waals surface area contributed by atoms with Gasteiger partial charge in [0.05, 0.1) is 0 Å². The van der Waals surface area contributed by atoms with Gasteiger partial charge in [0, 0.05) is 23.6 Å². The number of carbonyl (C=O) groups is 1. The lowest BCUT2D eigenvalue weighted by Gasteiger charge is -2.33. The zero-order valence-corrected chi connectivity index (χ0v) is 13.3. The Kier molecular flexibility index (Phi) is 5.43. The van der Waals surface area contributed by atoms with Crippen LogP contribution in [0, 0.1) is 5.92 Å². The van der Waals surface area contributed by atoms with Gasteiger partial charge in [0.1, 0.15) is 5.75 Å². The van der Waals surface area contributed by atoms with E-state index in [2.05, 4.69) is 15.9 Å². The van der Waals surface area contributed by atoms with Gasteiger partial charge in [0.2, 0.25) is 0 Å². The maximum atomic E-state index is 12.1. The minimum Gasteiger partial charge on any atom is -0.484 e. The van der Waals surface area contributed by atoms with Gasteiger partial charge in [-0.2, -0.15) is 0 Å². The fraction of sp³-hybridized carbons (Fsp3) is 0.533. The van der Waals surface area contributed by atoms with E-state index in [0.29, 0.717) is 11.7 Å². The number of rotatable bonds is 4. The third-order valence-electron chi connectivity index (χ3n) is 3.81. The van der Waals surface area contributed by atoms with Crippen molar-refractivity contribution in [3.05, 3.63) is 28.7 Å². The van der Waals surface area contributed by atoms with Gasteiger partial charge in [-0.25, -0.2) is 0 Å². The summed E-state index contributed by atoms with van der Waals surface area (Å²) in [5, 5.41) is 0. The van der Waals surface area contributed by atoms with Crippen molar-refractivity contribution in [2.24, 2.45) is 11.7 Å². The lowest BCUT2D eigenvalue weighted by atomic mass is 9.91. The Balaban J connectivity index is 1.77. The van der Waals surface area contributed by atoms with Crippen molar-refractivity contribution in [2.75, 3.05) is 19.7 Å². The number of likely N-dealkylation sites (tertiary alicyclic amines) is 1. The van der Waals surface area contributed by atoms with Gasteiger partial charge >= 0.3 is 0 Å². The third kappa shape index (κ3) is 4.21. The van der Waals surface area contributed by atoms with E-state index in [-0.39, 0.29) is 18.6 Å². The van der Waals surface area contributed by atoms with E-state index < -0.39 is 0 Å². The Morgan fingerprint density at radius 3 is 2.55 bits per heavy atom. The summed E-state index contributed by atoms with van der Waals surface area (Å²) in [6, 6.07) is 7.70. The normalized spacial score (nSPS) is 17.9. The SMILES string of the molecule is CC(N)C1CCN(C(=O)COc2ccc(Br)cc2)CC1. The van der Waals surface area contributed by atoms with E-state index in [9.17, 15) is 4.79 Å². The highest BCUT2D eigenvalue weighted by atomic mass is 79.9. The summed E-state index contributed by atoms with van der Waals surface area (Å²) >= 11 is 3.36. The molecular formula is C15H21BrN2O2. The smallest absolute Gasteiger partial charge is 0.260 e. The fourth-order valence-electron chi connectivity index (χ4n) is 2.44. The van der Waals surface area contributed by atoms with Crippen molar-refractivity contribution < 1.29 is 9.53 Å². The van der Waals surface area contributed by atoms with E-state index in [0.717, 1.165) is 30.4 Å². The number of benzene rings is 1. The average Bonchev–Trinajstić information content (AvgIpc) is 2.46. The van der Waals surface area contributed by atoms with Crippen LogP contribution < -0.4 is 10.5 Å². The molecule has 0 spiro atoms. The molecular weight excluding hydrogens is 320 g/mol. The summed E-state index contributed by atoms with van der Waals surface area (Å²) in [4.78, 5) is 13.9. The third-order valence-corrected chi connectivity index (χ3v) is 4.34. The first-order chi connectivity index (χ1) is 9.56. The first-order valence-corrected chi connectivity index (χ1v) is 7.77. The quantitative estimate of drug-likeness (QED) is 0.915. The zero-order valence-electron chi connectivity index (χ0n) is 11.7. The Bertz CT molecular complexity index is 440. The maximum Gasteiger partial charge on any atom is 0.260 e. The molecule has 1 heterocycles. The van der Waals surface area contributed by atoms with Crippen molar-refractivity contribution in [1.29, 1.82) is 0 Å². The molecule has 5 heteroatoms. The summed E-state index contributed by atoms with van der Waals surface area (Å²) in [6.45, 7) is 3.72. The van der Waals surface area contributed by atoms with Crippen LogP contribution in [-0.4, -0.2) is 36.5 Å². The number of hydrogen-bond acceptors (Lipinski definition) is 3. The standard InChI is InChI=1S/C15H21BrN2O2/c1-11(17)12-6-8-18(9-7-12)15(19)10-20-14-4-2-13(16)3-5-14/h2-5,11-12H,6-10,17H2,1H3. The molecule has 4 nitrogen and oxygen atoms in total. The van der Waals surface area contributed by atoms with E-state index in [4.69, 9.17) is 10.5 Å². The molecule has 20 heavy (non-hydrogen) atoms. The second-order valence-corrected chi connectivity index (χ2v) is 6.24. The zero-order chi connectivity index (χ0) is 14.5. The van der Waals surface area contributed by atoms with E-state index in [1.165, 1.54) is 0 Å². The minimum atomic E-state index is 0.0519. The lowest BCUT2D eigenvalue weighted by molar-refractivity contribution is -0.134. The first-order valence-electron chi connectivity index (χ1n) is 6.98. The molecule has 0 aliphatic carbocycles. The molecule has 0 saturated carbocycles. The Labute approximate surface area is 128 Å². The molecule has 110 valence electrons. The van der Waals surface area contributed by atoms with Crippen LogP contribution in [0.1, 0.15) is 19.8 Å². The monoisotopic (exact) mass is 340 g/mol. The molecule has 2 N–H and O–H groups in total. The Morgan fingerprint density at radius 1 is 1.40 bits per heavy atom. The molecule has 2 rings (SSSR count). The molecule has 1 atom stereocenters.